The van der Waals surface area contributed by atoms with Gasteiger partial charge in [-0.05, 0) is 24.5 Å². The number of aliphatic hydroxyl groups is 1. The lowest BCUT2D eigenvalue weighted by atomic mass is 9.95. The molecule has 0 fully saturated rings. The molecule has 1 rings (SSSR count). The van der Waals surface area contributed by atoms with Crippen molar-refractivity contribution in [2.24, 2.45) is 5.92 Å². The Kier molecular flexibility index (Phi) is 4.60. The maximum atomic E-state index is 9.89. The lowest BCUT2D eigenvalue weighted by molar-refractivity contribution is 0.137. The van der Waals surface area contributed by atoms with E-state index in [2.05, 4.69) is 18.8 Å². The second kappa shape index (κ2) is 5.76. The van der Waals surface area contributed by atoms with Crippen molar-refractivity contribution >= 4 is 0 Å². The highest BCUT2D eigenvalue weighted by atomic mass is 16.3. The first-order valence-electron chi connectivity index (χ1n) is 5.36. The summed E-state index contributed by atoms with van der Waals surface area (Å²) in [4.78, 5) is 4.15. The van der Waals surface area contributed by atoms with E-state index in [1.807, 2.05) is 18.2 Å². The molecule has 2 heteroatoms. The lowest BCUT2D eigenvalue weighted by Gasteiger charge is -2.16. The van der Waals surface area contributed by atoms with E-state index >= 15 is 0 Å². The minimum absolute atomic E-state index is 0.402. The van der Waals surface area contributed by atoms with E-state index in [1.165, 1.54) is 0 Å². The summed E-state index contributed by atoms with van der Waals surface area (Å²) >= 11 is 0. The molecular formula is C12H19NO. The molecule has 0 radical (unpaired) electrons. The van der Waals surface area contributed by atoms with Gasteiger partial charge in [0, 0.05) is 6.20 Å². The Hall–Kier alpha value is -0.890. The standard InChI is InChI=1S/C12H19NO/c1-3-10(4-2)9-12(14)11-7-5-6-8-13-11/h5-8,10,12,14H,3-4,9H2,1-2H3. The summed E-state index contributed by atoms with van der Waals surface area (Å²) in [6, 6.07) is 5.67. The molecule has 0 bridgehead atoms. The van der Waals surface area contributed by atoms with Crippen molar-refractivity contribution < 1.29 is 5.11 Å². The van der Waals surface area contributed by atoms with Gasteiger partial charge in [0.25, 0.3) is 0 Å². The summed E-state index contributed by atoms with van der Waals surface area (Å²) in [5.41, 5.74) is 0.791. The number of rotatable bonds is 5. The van der Waals surface area contributed by atoms with E-state index in [-0.39, 0.29) is 0 Å². The molecule has 0 saturated carbocycles. The summed E-state index contributed by atoms with van der Waals surface area (Å²) < 4.78 is 0. The predicted molar refractivity (Wildman–Crippen MR) is 57.9 cm³/mol. The molecule has 1 N–H and O–H groups in total. The third-order valence-corrected chi connectivity index (χ3v) is 2.74. The van der Waals surface area contributed by atoms with Crippen molar-refractivity contribution in [3.05, 3.63) is 30.1 Å². The minimum Gasteiger partial charge on any atom is -0.387 e. The zero-order valence-electron chi connectivity index (χ0n) is 8.98. The summed E-state index contributed by atoms with van der Waals surface area (Å²) in [6.07, 6.45) is 4.40. The van der Waals surface area contributed by atoms with Gasteiger partial charge in [-0.15, -0.1) is 0 Å². The van der Waals surface area contributed by atoms with Crippen LogP contribution in [0.1, 0.15) is 44.9 Å². The molecule has 0 spiro atoms. The summed E-state index contributed by atoms with van der Waals surface area (Å²) in [6.45, 7) is 4.33. The SMILES string of the molecule is CCC(CC)CC(O)c1ccccn1. The van der Waals surface area contributed by atoms with Gasteiger partial charge in [-0.3, -0.25) is 4.98 Å². The van der Waals surface area contributed by atoms with Crippen molar-refractivity contribution in [2.45, 2.75) is 39.2 Å². The van der Waals surface area contributed by atoms with Gasteiger partial charge in [0.1, 0.15) is 0 Å². The van der Waals surface area contributed by atoms with Gasteiger partial charge in [0.15, 0.2) is 0 Å². The maximum absolute atomic E-state index is 9.89. The quantitative estimate of drug-likeness (QED) is 0.780. The smallest absolute Gasteiger partial charge is 0.0962 e. The molecule has 0 saturated heterocycles. The van der Waals surface area contributed by atoms with Crippen LogP contribution in [-0.4, -0.2) is 10.1 Å². The van der Waals surface area contributed by atoms with Crippen molar-refractivity contribution in [1.82, 2.24) is 4.98 Å². The second-order valence-electron chi connectivity index (χ2n) is 3.69. The second-order valence-corrected chi connectivity index (χ2v) is 3.69. The van der Waals surface area contributed by atoms with E-state index in [0.29, 0.717) is 5.92 Å². The minimum atomic E-state index is -0.402. The van der Waals surface area contributed by atoms with E-state index in [4.69, 9.17) is 0 Å². The molecule has 0 aromatic carbocycles. The number of hydrogen-bond acceptors (Lipinski definition) is 2. The fraction of sp³-hybridized carbons (Fsp3) is 0.583. The largest absolute Gasteiger partial charge is 0.387 e. The molecule has 0 aliphatic heterocycles. The van der Waals surface area contributed by atoms with E-state index in [9.17, 15) is 5.11 Å². The monoisotopic (exact) mass is 193 g/mol. The highest BCUT2D eigenvalue weighted by Crippen LogP contribution is 2.23. The van der Waals surface area contributed by atoms with Crippen LogP contribution >= 0.6 is 0 Å². The van der Waals surface area contributed by atoms with Crippen LogP contribution in [0.5, 0.6) is 0 Å². The molecule has 78 valence electrons. The van der Waals surface area contributed by atoms with E-state index in [0.717, 1.165) is 25.0 Å². The normalized spacial score (nSPS) is 13.1. The number of aromatic nitrogens is 1. The Labute approximate surface area is 86.0 Å². The van der Waals surface area contributed by atoms with Crippen LogP contribution in [0.4, 0.5) is 0 Å². The summed E-state index contributed by atoms with van der Waals surface area (Å²) in [5.74, 6) is 0.604. The number of hydrogen-bond donors (Lipinski definition) is 1. The molecule has 1 heterocycles. The number of aliphatic hydroxyl groups excluding tert-OH is 1. The third-order valence-electron chi connectivity index (χ3n) is 2.74. The van der Waals surface area contributed by atoms with Gasteiger partial charge < -0.3 is 5.11 Å². The van der Waals surface area contributed by atoms with Gasteiger partial charge in [0.05, 0.1) is 11.8 Å². The van der Waals surface area contributed by atoms with Crippen molar-refractivity contribution in [1.29, 1.82) is 0 Å². The topological polar surface area (TPSA) is 33.1 Å². The van der Waals surface area contributed by atoms with Crippen molar-refractivity contribution in [2.75, 3.05) is 0 Å². The van der Waals surface area contributed by atoms with Crippen LogP contribution in [-0.2, 0) is 0 Å². The van der Waals surface area contributed by atoms with Crippen LogP contribution in [0.15, 0.2) is 24.4 Å². The van der Waals surface area contributed by atoms with Gasteiger partial charge >= 0.3 is 0 Å². The zero-order chi connectivity index (χ0) is 10.4. The van der Waals surface area contributed by atoms with E-state index in [1.54, 1.807) is 6.20 Å². The predicted octanol–water partition coefficient (Wildman–Crippen LogP) is 2.94. The van der Waals surface area contributed by atoms with Crippen LogP contribution < -0.4 is 0 Å². The zero-order valence-corrected chi connectivity index (χ0v) is 8.98. The number of pyridine rings is 1. The average Bonchev–Trinajstić information content (AvgIpc) is 2.26. The highest BCUT2D eigenvalue weighted by molar-refractivity contribution is 5.06. The average molecular weight is 193 g/mol. The molecule has 1 unspecified atom stereocenters. The van der Waals surface area contributed by atoms with Crippen LogP contribution in [0.2, 0.25) is 0 Å². The Morgan fingerprint density at radius 1 is 1.29 bits per heavy atom. The highest BCUT2D eigenvalue weighted by Gasteiger charge is 2.13. The number of nitrogens with zero attached hydrogens (tertiary/aromatic N) is 1. The van der Waals surface area contributed by atoms with Gasteiger partial charge in [-0.25, -0.2) is 0 Å². The van der Waals surface area contributed by atoms with Crippen LogP contribution in [0.3, 0.4) is 0 Å². The lowest BCUT2D eigenvalue weighted by Crippen LogP contribution is -2.07. The molecule has 0 aliphatic carbocycles. The maximum Gasteiger partial charge on any atom is 0.0962 e. The molecule has 0 aliphatic rings. The van der Waals surface area contributed by atoms with Crippen LogP contribution in [0, 0.1) is 5.92 Å². The molecule has 0 amide bonds. The van der Waals surface area contributed by atoms with Crippen molar-refractivity contribution in [3.8, 4) is 0 Å². The van der Waals surface area contributed by atoms with Gasteiger partial charge in [0.2, 0.25) is 0 Å². The molecule has 2 nitrogen and oxygen atoms in total. The Morgan fingerprint density at radius 3 is 2.50 bits per heavy atom. The Balaban J connectivity index is 2.54. The Morgan fingerprint density at radius 2 is 2.00 bits per heavy atom. The molecular weight excluding hydrogens is 174 g/mol. The fourth-order valence-corrected chi connectivity index (χ4v) is 1.63. The van der Waals surface area contributed by atoms with Crippen LogP contribution in [0.25, 0.3) is 0 Å². The first kappa shape index (κ1) is 11.2. The van der Waals surface area contributed by atoms with Gasteiger partial charge in [-0.2, -0.15) is 0 Å². The molecule has 14 heavy (non-hydrogen) atoms. The fourth-order valence-electron chi connectivity index (χ4n) is 1.63. The summed E-state index contributed by atoms with van der Waals surface area (Å²) in [5, 5.41) is 9.89. The summed E-state index contributed by atoms with van der Waals surface area (Å²) in [7, 11) is 0. The van der Waals surface area contributed by atoms with Gasteiger partial charge in [-0.1, -0.05) is 32.8 Å². The first-order valence-corrected chi connectivity index (χ1v) is 5.36. The third kappa shape index (κ3) is 3.11. The Bertz CT molecular complexity index is 244. The van der Waals surface area contributed by atoms with Crippen molar-refractivity contribution in [3.63, 3.8) is 0 Å². The molecule has 1 aromatic heterocycles. The van der Waals surface area contributed by atoms with E-state index < -0.39 is 6.10 Å². The molecule has 1 aromatic rings. The molecule has 1 atom stereocenters. The first-order chi connectivity index (χ1) is 6.77.